The van der Waals surface area contributed by atoms with Crippen molar-refractivity contribution in [1.29, 1.82) is 5.26 Å². The van der Waals surface area contributed by atoms with Crippen molar-refractivity contribution in [3.05, 3.63) is 102 Å². The molecule has 8 nitrogen and oxygen atoms in total. The van der Waals surface area contributed by atoms with Gasteiger partial charge in [-0.25, -0.2) is 9.18 Å². The Morgan fingerprint density at radius 1 is 1.03 bits per heavy atom. The van der Waals surface area contributed by atoms with Gasteiger partial charge in [0.05, 0.1) is 18.2 Å². The Labute approximate surface area is 226 Å². The predicted molar refractivity (Wildman–Crippen MR) is 147 cm³/mol. The van der Waals surface area contributed by atoms with Crippen LogP contribution in [0, 0.1) is 17.1 Å². The SMILES string of the molecule is COCCN(CC(=O)N(CCc1c[nH]c2ccccc12)Cc1ccc(F)cc1)C(=O)Nc1cccc(C#N)c1. The lowest BCUT2D eigenvalue weighted by Crippen LogP contribution is -2.46. The molecule has 39 heavy (non-hydrogen) atoms. The number of urea groups is 1. The van der Waals surface area contributed by atoms with E-state index in [1.165, 1.54) is 24.1 Å². The van der Waals surface area contributed by atoms with Crippen LogP contribution in [-0.4, -0.2) is 60.1 Å². The highest BCUT2D eigenvalue weighted by molar-refractivity contribution is 5.92. The minimum absolute atomic E-state index is 0.178. The van der Waals surface area contributed by atoms with Gasteiger partial charge in [-0.05, 0) is 53.9 Å². The lowest BCUT2D eigenvalue weighted by Gasteiger charge is -2.28. The third-order valence-electron chi connectivity index (χ3n) is 6.39. The lowest BCUT2D eigenvalue weighted by atomic mass is 10.1. The summed E-state index contributed by atoms with van der Waals surface area (Å²) >= 11 is 0. The summed E-state index contributed by atoms with van der Waals surface area (Å²) < 4.78 is 18.7. The summed E-state index contributed by atoms with van der Waals surface area (Å²) in [7, 11) is 1.52. The average molecular weight is 528 g/mol. The molecular formula is C30H30FN5O3. The van der Waals surface area contributed by atoms with E-state index in [9.17, 15) is 14.0 Å². The number of ether oxygens (including phenoxy) is 1. The minimum atomic E-state index is -0.478. The number of anilines is 1. The molecule has 3 aromatic carbocycles. The molecular weight excluding hydrogens is 497 g/mol. The highest BCUT2D eigenvalue weighted by Gasteiger charge is 2.22. The first-order valence-corrected chi connectivity index (χ1v) is 12.6. The van der Waals surface area contributed by atoms with E-state index < -0.39 is 6.03 Å². The monoisotopic (exact) mass is 527 g/mol. The number of aromatic nitrogens is 1. The number of nitrogens with one attached hydrogen (secondary N) is 2. The third-order valence-corrected chi connectivity index (χ3v) is 6.39. The fraction of sp³-hybridized carbons (Fsp3) is 0.233. The van der Waals surface area contributed by atoms with Crippen LogP contribution in [0.25, 0.3) is 10.9 Å². The number of carbonyl (C=O) groups excluding carboxylic acids is 2. The van der Waals surface area contributed by atoms with Crippen molar-refractivity contribution in [2.24, 2.45) is 0 Å². The highest BCUT2D eigenvalue weighted by atomic mass is 19.1. The summed E-state index contributed by atoms with van der Waals surface area (Å²) in [5.41, 5.74) is 3.75. The van der Waals surface area contributed by atoms with E-state index in [1.807, 2.05) is 36.5 Å². The molecule has 0 spiro atoms. The lowest BCUT2D eigenvalue weighted by molar-refractivity contribution is -0.132. The standard InChI is InChI=1S/C30H30FN5O3/c1-39-16-15-36(30(38)34-26-6-4-5-23(17-26)18-32)21-29(37)35(20-22-9-11-25(31)12-10-22)14-13-24-19-33-28-8-3-2-7-27(24)28/h2-12,17,19,33H,13-16,20-21H2,1H3,(H,34,38). The van der Waals surface area contributed by atoms with Gasteiger partial charge in [0.2, 0.25) is 5.91 Å². The molecule has 4 rings (SSSR count). The number of benzene rings is 3. The molecule has 0 unspecified atom stereocenters. The number of amides is 3. The largest absolute Gasteiger partial charge is 0.383 e. The maximum absolute atomic E-state index is 13.6. The van der Waals surface area contributed by atoms with Gasteiger partial charge < -0.3 is 24.8 Å². The second-order valence-corrected chi connectivity index (χ2v) is 9.09. The Hall–Kier alpha value is -4.68. The van der Waals surface area contributed by atoms with Crippen LogP contribution in [0.3, 0.4) is 0 Å². The number of methoxy groups -OCH3 is 1. The number of fused-ring (bicyclic) bond motifs is 1. The van der Waals surface area contributed by atoms with Crippen LogP contribution in [0.5, 0.6) is 0 Å². The molecule has 0 aliphatic heterocycles. The Kier molecular flexibility index (Phi) is 9.27. The summed E-state index contributed by atoms with van der Waals surface area (Å²) in [4.78, 5) is 33.1. The van der Waals surface area contributed by atoms with Crippen molar-refractivity contribution in [3.63, 3.8) is 0 Å². The van der Waals surface area contributed by atoms with Crippen LogP contribution in [0.2, 0.25) is 0 Å². The molecule has 0 radical (unpaired) electrons. The summed E-state index contributed by atoms with van der Waals surface area (Å²) in [6.07, 6.45) is 2.54. The van der Waals surface area contributed by atoms with Crippen molar-refractivity contribution in [2.75, 3.05) is 38.7 Å². The molecule has 0 saturated carbocycles. The van der Waals surface area contributed by atoms with Gasteiger partial charge >= 0.3 is 6.03 Å². The topological polar surface area (TPSA) is 101 Å². The van der Waals surface area contributed by atoms with Gasteiger partial charge in [0.25, 0.3) is 0 Å². The molecule has 3 amide bonds. The summed E-state index contributed by atoms with van der Waals surface area (Å²) in [5, 5.41) is 13.0. The first-order valence-electron chi connectivity index (χ1n) is 12.6. The van der Waals surface area contributed by atoms with E-state index in [4.69, 9.17) is 10.00 Å². The van der Waals surface area contributed by atoms with E-state index in [2.05, 4.69) is 10.3 Å². The molecule has 0 bridgehead atoms. The number of nitrogens with zero attached hydrogens (tertiary/aromatic N) is 3. The molecule has 200 valence electrons. The molecule has 4 aromatic rings. The number of para-hydroxylation sites is 1. The molecule has 0 saturated heterocycles. The molecule has 0 atom stereocenters. The van der Waals surface area contributed by atoms with E-state index in [1.54, 1.807) is 41.3 Å². The minimum Gasteiger partial charge on any atom is -0.383 e. The fourth-order valence-corrected chi connectivity index (χ4v) is 4.28. The second-order valence-electron chi connectivity index (χ2n) is 9.09. The molecule has 1 heterocycles. The van der Waals surface area contributed by atoms with Crippen molar-refractivity contribution in [3.8, 4) is 6.07 Å². The Morgan fingerprint density at radius 3 is 2.59 bits per heavy atom. The van der Waals surface area contributed by atoms with Gasteiger partial charge in [0, 0.05) is 49.5 Å². The number of aromatic amines is 1. The van der Waals surface area contributed by atoms with Crippen LogP contribution >= 0.6 is 0 Å². The number of halogens is 1. The van der Waals surface area contributed by atoms with Crippen molar-refractivity contribution in [1.82, 2.24) is 14.8 Å². The fourth-order valence-electron chi connectivity index (χ4n) is 4.28. The zero-order chi connectivity index (χ0) is 27.6. The number of H-pyrrole nitrogens is 1. The zero-order valence-corrected chi connectivity index (χ0v) is 21.7. The number of hydrogen-bond donors (Lipinski definition) is 2. The second kappa shape index (κ2) is 13.2. The Morgan fingerprint density at radius 2 is 1.82 bits per heavy atom. The average Bonchev–Trinajstić information content (AvgIpc) is 3.37. The van der Waals surface area contributed by atoms with Gasteiger partial charge in [-0.2, -0.15) is 5.26 Å². The van der Waals surface area contributed by atoms with E-state index in [0.717, 1.165) is 22.0 Å². The van der Waals surface area contributed by atoms with Crippen LogP contribution in [0.1, 0.15) is 16.7 Å². The summed E-state index contributed by atoms with van der Waals surface area (Å²) in [6.45, 7) is 0.931. The smallest absolute Gasteiger partial charge is 0.322 e. The van der Waals surface area contributed by atoms with Crippen LogP contribution < -0.4 is 5.32 Å². The Balaban J connectivity index is 1.51. The number of carbonyl (C=O) groups is 2. The van der Waals surface area contributed by atoms with Crippen molar-refractivity contribution >= 4 is 28.5 Å². The highest BCUT2D eigenvalue weighted by Crippen LogP contribution is 2.19. The van der Waals surface area contributed by atoms with E-state index in [-0.39, 0.29) is 38.0 Å². The molecule has 0 aliphatic carbocycles. The molecule has 0 fully saturated rings. The van der Waals surface area contributed by atoms with Gasteiger partial charge in [0.1, 0.15) is 12.4 Å². The first kappa shape index (κ1) is 27.4. The summed E-state index contributed by atoms with van der Waals surface area (Å²) in [6, 6.07) is 22.1. The number of hydrogen-bond acceptors (Lipinski definition) is 4. The normalized spacial score (nSPS) is 10.7. The van der Waals surface area contributed by atoms with Crippen molar-refractivity contribution < 1.29 is 18.7 Å². The number of nitriles is 1. The molecule has 1 aromatic heterocycles. The van der Waals surface area contributed by atoms with Crippen LogP contribution in [-0.2, 0) is 22.5 Å². The quantitative estimate of drug-likeness (QED) is 0.289. The maximum atomic E-state index is 13.6. The van der Waals surface area contributed by atoms with Crippen LogP contribution in [0.15, 0.2) is 79.0 Å². The zero-order valence-electron chi connectivity index (χ0n) is 21.7. The van der Waals surface area contributed by atoms with Crippen molar-refractivity contribution in [2.45, 2.75) is 13.0 Å². The Bertz CT molecular complexity index is 1460. The van der Waals surface area contributed by atoms with Gasteiger partial charge in [-0.15, -0.1) is 0 Å². The third kappa shape index (κ3) is 7.43. The first-order chi connectivity index (χ1) is 19.0. The molecule has 9 heteroatoms. The predicted octanol–water partition coefficient (Wildman–Crippen LogP) is 4.93. The molecule has 2 N–H and O–H groups in total. The van der Waals surface area contributed by atoms with Gasteiger partial charge in [-0.1, -0.05) is 36.4 Å². The molecule has 0 aliphatic rings. The van der Waals surface area contributed by atoms with Crippen LogP contribution in [0.4, 0.5) is 14.9 Å². The summed E-state index contributed by atoms with van der Waals surface area (Å²) in [5.74, 6) is -0.602. The van der Waals surface area contributed by atoms with Gasteiger partial charge in [0.15, 0.2) is 0 Å². The maximum Gasteiger partial charge on any atom is 0.322 e. The van der Waals surface area contributed by atoms with Gasteiger partial charge in [-0.3, -0.25) is 4.79 Å². The van der Waals surface area contributed by atoms with E-state index in [0.29, 0.717) is 24.2 Å². The van der Waals surface area contributed by atoms with E-state index >= 15 is 0 Å². The number of rotatable bonds is 11.